The first-order chi connectivity index (χ1) is 18.3. The number of rotatable bonds is 18. The lowest BCUT2D eigenvalue weighted by molar-refractivity contribution is 0.0937. The maximum absolute atomic E-state index is 12.7. The number of carbonyl (C=O) groups is 2. The van der Waals surface area contributed by atoms with Crippen LogP contribution in [0.15, 0.2) is 30.3 Å². The standard InChI is InChI=1S/C31H48N2O5/c1-4-5-6-7-8-9-10-11-12-13-15-24(34)20-21-32-30(36)27-19-18-25-26(29(27)35)16-14-17-28(25)33-31(37)38-22-23(2)3/h14,16-19,23-24,34-35H,4-13,15,20-22H2,1-3H3,(H,32,36)(H,33,37). The largest absolute Gasteiger partial charge is 0.506 e. The Morgan fingerprint density at radius 1 is 0.868 bits per heavy atom. The van der Waals surface area contributed by atoms with Gasteiger partial charge in [-0.15, -0.1) is 0 Å². The zero-order chi connectivity index (χ0) is 27.8. The zero-order valence-electron chi connectivity index (χ0n) is 23.6. The van der Waals surface area contributed by atoms with E-state index in [0.29, 0.717) is 36.0 Å². The number of aliphatic hydroxyl groups excluding tert-OH is 1. The summed E-state index contributed by atoms with van der Waals surface area (Å²) in [6, 6.07) is 8.35. The van der Waals surface area contributed by atoms with Gasteiger partial charge in [0.25, 0.3) is 5.91 Å². The van der Waals surface area contributed by atoms with E-state index in [9.17, 15) is 19.8 Å². The summed E-state index contributed by atoms with van der Waals surface area (Å²) in [5.74, 6) is -0.324. The van der Waals surface area contributed by atoms with Gasteiger partial charge < -0.3 is 20.3 Å². The third kappa shape index (κ3) is 11.3. The number of aromatic hydroxyl groups is 1. The van der Waals surface area contributed by atoms with Gasteiger partial charge in [-0.05, 0) is 30.9 Å². The molecule has 7 nitrogen and oxygen atoms in total. The fourth-order valence-electron chi connectivity index (χ4n) is 4.48. The van der Waals surface area contributed by atoms with E-state index in [2.05, 4.69) is 17.6 Å². The molecule has 0 aliphatic heterocycles. The fourth-order valence-corrected chi connectivity index (χ4v) is 4.48. The van der Waals surface area contributed by atoms with Crippen molar-refractivity contribution in [1.29, 1.82) is 0 Å². The first-order valence-corrected chi connectivity index (χ1v) is 14.5. The van der Waals surface area contributed by atoms with Crippen LogP contribution in [0.1, 0.15) is 108 Å². The lowest BCUT2D eigenvalue weighted by atomic mass is 10.0. The highest BCUT2D eigenvalue weighted by atomic mass is 16.5. The van der Waals surface area contributed by atoms with E-state index < -0.39 is 18.1 Å². The number of unbranched alkanes of at least 4 members (excludes halogenated alkanes) is 9. The van der Waals surface area contributed by atoms with Crippen LogP contribution in [0.2, 0.25) is 0 Å². The summed E-state index contributed by atoms with van der Waals surface area (Å²) in [4.78, 5) is 24.8. The summed E-state index contributed by atoms with van der Waals surface area (Å²) < 4.78 is 5.18. The van der Waals surface area contributed by atoms with Gasteiger partial charge in [0.05, 0.1) is 24.0 Å². The zero-order valence-corrected chi connectivity index (χ0v) is 23.6. The van der Waals surface area contributed by atoms with Crippen molar-refractivity contribution in [1.82, 2.24) is 5.32 Å². The average molecular weight is 529 g/mol. The van der Waals surface area contributed by atoms with Crippen LogP contribution in [-0.2, 0) is 4.74 Å². The molecule has 1 atom stereocenters. The Hall–Kier alpha value is -2.80. The monoisotopic (exact) mass is 528 g/mol. The number of anilines is 1. The normalized spacial score (nSPS) is 12.0. The van der Waals surface area contributed by atoms with Crippen LogP contribution >= 0.6 is 0 Å². The molecule has 0 aliphatic rings. The van der Waals surface area contributed by atoms with Crippen molar-refractivity contribution in [2.45, 2.75) is 104 Å². The Labute approximate surface area is 228 Å². The molecule has 0 saturated heterocycles. The first kappa shape index (κ1) is 31.4. The Balaban J connectivity index is 1.74. The topological polar surface area (TPSA) is 108 Å². The van der Waals surface area contributed by atoms with Crippen LogP contribution in [0, 0.1) is 5.92 Å². The second kappa shape index (κ2) is 17.7. The molecule has 0 aromatic heterocycles. The molecular formula is C31H48N2O5. The average Bonchev–Trinajstić information content (AvgIpc) is 2.89. The van der Waals surface area contributed by atoms with Gasteiger partial charge in [0.15, 0.2) is 0 Å². The highest BCUT2D eigenvalue weighted by Crippen LogP contribution is 2.33. The lowest BCUT2D eigenvalue weighted by Gasteiger charge is -2.14. The summed E-state index contributed by atoms with van der Waals surface area (Å²) >= 11 is 0. The van der Waals surface area contributed by atoms with E-state index in [-0.39, 0.29) is 17.2 Å². The maximum atomic E-state index is 12.7. The molecule has 212 valence electrons. The van der Waals surface area contributed by atoms with Gasteiger partial charge in [-0.3, -0.25) is 10.1 Å². The quantitative estimate of drug-likeness (QED) is 0.149. The van der Waals surface area contributed by atoms with E-state index in [1.54, 1.807) is 24.3 Å². The Kier molecular flexibility index (Phi) is 14.6. The molecule has 0 fully saturated rings. The third-order valence-corrected chi connectivity index (χ3v) is 6.72. The van der Waals surface area contributed by atoms with Gasteiger partial charge in [0.1, 0.15) is 5.75 Å². The number of phenolic OH excluding ortho intramolecular Hbond substituents is 1. The molecule has 0 bridgehead atoms. The summed E-state index contributed by atoms with van der Waals surface area (Å²) in [5.41, 5.74) is 0.648. The van der Waals surface area contributed by atoms with Crippen molar-refractivity contribution < 1.29 is 24.5 Å². The molecule has 2 rings (SSSR count). The molecule has 0 spiro atoms. The maximum Gasteiger partial charge on any atom is 0.411 e. The Morgan fingerprint density at radius 3 is 2.18 bits per heavy atom. The van der Waals surface area contributed by atoms with Crippen molar-refractivity contribution in [3.63, 3.8) is 0 Å². The number of nitrogens with one attached hydrogen (secondary N) is 2. The number of carbonyl (C=O) groups excluding carboxylic acids is 2. The van der Waals surface area contributed by atoms with Crippen LogP contribution in [-0.4, -0.2) is 41.5 Å². The van der Waals surface area contributed by atoms with Crippen LogP contribution in [0.5, 0.6) is 5.75 Å². The summed E-state index contributed by atoms with van der Waals surface area (Å²) in [7, 11) is 0. The molecule has 4 N–H and O–H groups in total. The number of amides is 2. The SMILES string of the molecule is CCCCCCCCCCCCC(O)CCNC(=O)c1ccc2c(NC(=O)OCC(C)C)cccc2c1O. The molecule has 0 heterocycles. The third-order valence-electron chi connectivity index (χ3n) is 6.72. The molecule has 2 aromatic rings. The van der Waals surface area contributed by atoms with Gasteiger partial charge in [0, 0.05) is 17.3 Å². The number of hydrogen-bond acceptors (Lipinski definition) is 5. The van der Waals surface area contributed by atoms with Gasteiger partial charge in [-0.2, -0.15) is 0 Å². The number of aliphatic hydroxyl groups is 1. The minimum Gasteiger partial charge on any atom is -0.506 e. The highest BCUT2D eigenvalue weighted by molar-refractivity contribution is 6.08. The minimum absolute atomic E-state index is 0.148. The van der Waals surface area contributed by atoms with Crippen molar-refractivity contribution >= 4 is 28.5 Å². The van der Waals surface area contributed by atoms with Crippen molar-refractivity contribution in [2.75, 3.05) is 18.5 Å². The molecule has 0 radical (unpaired) electrons. The van der Waals surface area contributed by atoms with Crippen LogP contribution in [0.3, 0.4) is 0 Å². The Morgan fingerprint density at radius 2 is 1.53 bits per heavy atom. The fraction of sp³-hybridized carbons (Fsp3) is 0.613. The molecule has 7 heteroatoms. The highest BCUT2D eigenvalue weighted by Gasteiger charge is 2.16. The van der Waals surface area contributed by atoms with Crippen LogP contribution < -0.4 is 10.6 Å². The number of benzene rings is 2. The predicted molar refractivity (Wildman–Crippen MR) is 155 cm³/mol. The summed E-state index contributed by atoms with van der Waals surface area (Å²) in [6.07, 6.45) is 12.8. The molecule has 38 heavy (non-hydrogen) atoms. The molecule has 2 amide bonds. The second-order valence-corrected chi connectivity index (χ2v) is 10.6. The van der Waals surface area contributed by atoms with E-state index >= 15 is 0 Å². The minimum atomic E-state index is -0.566. The summed E-state index contributed by atoms with van der Waals surface area (Å²) in [5, 5.41) is 27.6. The smallest absolute Gasteiger partial charge is 0.411 e. The predicted octanol–water partition coefficient (Wildman–Crippen LogP) is 7.54. The van der Waals surface area contributed by atoms with E-state index in [0.717, 1.165) is 19.3 Å². The van der Waals surface area contributed by atoms with Gasteiger partial charge in [-0.1, -0.05) is 103 Å². The number of hydrogen-bond donors (Lipinski definition) is 4. The van der Waals surface area contributed by atoms with Crippen LogP contribution in [0.4, 0.5) is 10.5 Å². The van der Waals surface area contributed by atoms with E-state index in [1.807, 2.05) is 13.8 Å². The number of ether oxygens (including phenoxy) is 1. The van der Waals surface area contributed by atoms with Crippen molar-refractivity contribution in [2.24, 2.45) is 5.92 Å². The van der Waals surface area contributed by atoms with E-state index in [1.165, 1.54) is 57.4 Å². The first-order valence-electron chi connectivity index (χ1n) is 14.5. The van der Waals surface area contributed by atoms with Crippen molar-refractivity contribution in [3.05, 3.63) is 35.9 Å². The van der Waals surface area contributed by atoms with Gasteiger partial charge in [-0.25, -0.2) is 4.79 Å². The molecule has 0 aliphatic carbocycles. The Bertz CT molecular complexity index is 992. The van der Waals surface area contributed by atoms with Gasteiger partial charge in [0.2, 0.25) is 0 Å². The number of phenols is 1. The van der Waals surface area contributed by atoms with Crippen molar-refractivity contribution in [3.8, 4) is 5.75 Å². The molecular weight excluding hydrogens is 480 g/mol. The lowest BCUT2D eigenvalue weighted by Crippen LogP contribution is -2.27. The molecule has 1 unspecified atom stereocenters. The van der Waals surface area contributed by atoms with E-state index in [4.69, 9.17) is 4.74 Å². The van der Waals surface area contributed by atoms with Crippen LogP contribution in [0.25, 0.3) is 10.8 Å². The number of fused-ring (bicyclic) bond motifs is 1. The molecule has 0 saturated carbocycles. The van der Waals surface area contributed by atoms with Gasteiger partial charge >= 0.3 is 6.09 Å². The second-order valence-electron chi connectivity index (χ2n) is 10.6. The summed E-state index contributed by atoms with van der Waals surface area (Å²) in [6.45, 7) is 6.78. The molecule has 2 aromatic carbocycles.